The van der Waals surface area contributed by atoms with Gasteiger partial charge >= 0.3 is 0 Å². The van der Waals surface area contributed by atoms with Gasteiger partial charge in [0, 0.05) is 16.5 Å². The molecule has 0 aromatic heterocycles. The average Bonchev–Trinajstić information content (AvgIpc) is 2.21. The van der Waals surface area contributed by atoms with E-state index in [1.54, 1.807) is 24.3 Å². The molecule has 1 rings (SSSR count). The van der Waals surface area contributed by atoms with Gasteiger partial charge in [0.25, 0.3) is 0 Å². The fourth-order valence-electron chi connectivity index (χ4n) is 1.03. The summed E-state index contributed by atoms with van der Waals surface area (Å²) in [5.41, 5.74) is 0.528. The van der Waals surface area contributed by atoms with E-state index in [0.717, 1.165) is 0 Å². The Morgan fingerprint density at radius 3 is 2.38 bits per heavy atom. The SMILES string of the molecule is CCS(=O)(=O)CC(=O)Nc1ccc(Cl)cc1. The quantitative estimate of drug-likeness (QED) is 0.898. The van der Waals surface area contributed by atoms with Gasteiger partial charge in [-0.25, -0.2) is 8.42 Å². The molecule has 0 aliphatic carbocycles. The molecule has 0 aliphatic heterocycles. The highest BCUT2D eigenvalue weighted by atomic mass is 35.5. The summed E-state index contributed by atoms with van der Waals surface area (Å²) < 4.78 is 22.3. The van der Waals surface area contributed by atoms with Crippen LogP contribution in [0.4, 0.5) is 5.69 Å². The van der Waals surface area contributed by atoms with Gasteiger partial charge in [-0.15, -0.1) is 0 Å². The molecule has 0 fully saturated rings. The second-order valence-corrected chi connectivity index (χ2v) is 6.02. The van der Waals surface area contributed by atoms with Crippen molar-refractivity contribution in [1.82, 2.24) is 0 Å². The van der Waals surface area contributed by atoms with Gasteiger partial charge in [0.15, 0.2) is 9.84 Å². The minimum absolute atomic E-state index is 0.0406. The first kappa shape index (κ1) is 13.0. The zero-order valence-electron chi connectivity index (χ0n) is 8.73. The van der Waals surface area contributed by atoms with Crippen LogP contribution in [0.1, 0.15) is 6.92 Å². The number of hydrogen-bond acceptors (Lipinski definition) is 3. The molecule has 0 unspecified atom stereocenters. The summed E-state index contributed by atoms with van der Waals surface area (Å²) in [6.45, 7) is 1.50. The van der Waals surface area contributed by atoms with Crippen molar-refractivity contribution in [2.75, 3.05) is 16.8 Å². The van der Waals surface area contributed by atoms with Crippen LogP contribution in [-0.4, -0.2) is 25.8 Å². The van der Waals surface area contributed by atoms with Crippen LogP contribution in [0.2, 0.25) is 5.02 Å². The molecule has 88 valence electrons. The number of nitrogens with one attached hydrogen (secondary N) is 1. The summed E-state index contributed by atoms with van der Waals surface area (Å²) >= 11 is 5.67. The summed E-state index contributed by atoms with van der Waals surface area (Å²) in [7, 11) is -3.29. The average molecular weight is 262 g/mol. The number of hydrogen-bond donors (Lipinski definition) is 1. The lowest BCUT2D eigenvalue weighted by Gasteiger charge is -2.04. The van der Waals surface area contributed by atoms with Gasteiger partial charge in [0.1, 0.15) is 5.75 Å². The van der Waals surface area contributed by atoms with E-state index in [1.807, 2.05) is 0 Å². The van der Waals surface area contributed by atoms with E-state index in [2.05, 4.69) is 5.32 Å². The lowest BCUT2D eigenvalue weighted by molar-refractivity contribution is -0.113. The van der Waals surface area contributed by atoms with Crippen molar-refractivity contribution in [3.05, 3.63) is 29.3 Å². The Labute approximate surface area is 99.5 Å². The topological polar surface area (TPSA) is 63.2 Å². The molecule has 1 aromatic carbocycles. The second kappa shape index (κ2) is 5.32. The van der Waals surface area contributed by atoms with Gasteiger partial charge < -0.3 is 5.32 Å². The Morgan fingerprint density at radius 2 is 1.88 bits per heavy atom. The summed E-state index contributed by atoms with van der Waals surface area (Å²) in [6, 6.07) is 6.45. The van der Waals surface area contributed by atoms with Crippen molar-refractivity contribution in [3.8, 4) is 0 Å². The monoisotopic (exact) mass is 261 g/mol. The Morgan fingerprint density at radius 1 is 1.31 bits per heavy atom. The number of sulfone groups is 1. The second-order valence-electron chi connectivity index (χ2n) is 3.23. The predicted molar refractivity (Wildman–Crippen MR) is 64.4 cm³/mol. The number of carbonyl (C=O) groups is 1. The standard InChI is InChI=1S/C10H12ClNO3S/c1-2-16(14,15)7-10(13)12-9-5-3-8(11)4-6-9/h3-6H,2,7H2,1H3,(H,12,13). The van der Waals surface area contributed by atoms with E-state index in [1.165, 1.54) is 6.92 Å². The maximum absolute atomic E-state index is 11.3. The van der Waals surface area contributed by atoms with E-state index in [4.69, 9.17) is 11.6 Å². The zero-order chi connectivity index (χ0) is 12.2. The minimum Gasteiger partial charge on any atom is -0.325 e. The number of anilines is 1. The van der Waals surface area contributed by atoms with Gasteiger partial charge in [-0.3, -0.25) is 4.79 Å². The molecule has 0 bridgehead atoms. The van der Waals surface area contributed by atoms with Crippen LogP contribution in [0.5, 0.6) is 0 Å². The molecule has 16 heavy (non-hydrogen) atoms. The zero-order valence-corrected chi connectivity index (χ0v) is 10.3. The van der Waals surface area contributed by atoms with Gasteiger partial charge in [-0.2, -0.15) is 0 Å². The smallest absolute Gasteiger partial charge is 0.239 e. The number of carbonyl (C=O) groups excluding carboxylic acids is 1. The van der Waals surface area contributed by atoms with Crippen molar-refractivity contribution in [2.45, 2.75) is 6.92 Å². The Bertz CT molecular complexity index is 467. The van der Waals surface area contributed by atoms with E-state index >= 15 is 0 Å². The molecule has 1 amide bonds. The van der Waals surface area contributed by atoms with Crippen molar-refractivity contribution >= 4 is 33.0 Å². The highest BCUT2D eigenvalue weighted by Gasteiger charge is 2.14. The largest absolute Gasteiger partial charge is 0.325 e. The van der Waals surface area contributed by atoms with Crippen LogP contribution in [-0.2, 0) is 14.6 Å². The fourth-order valence-corrected chi connectivity index (χ4v) is 1.83. The third kappa shape index (κ3) is 4.20. The molecule has 0 aliphatic rings. The highest BCUT2D eigenvalue weighted by molar-refractivity contribution is 7.92. The molecule has 0 saturated carbocycles. The highest BCUT2D eigenvalue weighted by Crippen LogP contribution is 2.13. The molecule has 0 radical (unpaired) electrons. The third-order valence-electron chi connectivity index (χ3n) is 1.92. The van der Waals surface area contributed by atoms with Crippen molar-refractivity contribution in [3.63, 3.8) is 0 Å². The molecule has 0 heterocycles. The molecule has 6 heteroatoms. The van der Waals surface area contributed by atoms with Crippen molar-refractivity contribution in [1.29, 1.82) is 0 Å². The minimum atomic E-state index is -3.29. The van der Waals surface area contributed by atoms with Crippen molar-refractivity contribution in [2.24, 2.45) is 0 Å². The molecule has 1 N–H and O–H groups in total. The van der Waals surface area contributed by atoms with Gasteiger partial charge in [-0.1, -0.05) is 18.5 Å². The fraction of sp³-hybridized carbons (Fsp3) is 0.300. The number of halogens is 1. The molecule has 0 spiro atoms. The Hall–Kier alpha value is -1.07. The number of benzene rings is 1. The molecule has 4 nitrogen and oxygen atoms in total. The van der Waals surface area contributed by atoms with E-state index in [-0.39, 0.29) is 5.75 Å². The molecule has 0 saturated heterocycles. The lowest BCUT2D eigenvalue weighted by atomic mass is 10.3. The summed E-state index contributed by atoms with van der Waals surface area (Å²) in [6.07, 6.45) is 0. The first-order valence-electron chi connectivity index (χ1n) is 4.69. The normalized spacial score (nSPS) is 11.1. The van der Waals surface area contributed by atoms with Crippen LogP contribution < -0.4 is 5.32 Å². The number of rotatable bonds is 4. The van der Waals surface area contributed by atoms with Crippen LogP contribution in [0.25, 0.3) is 0 Å². The first-order chi connectivity index (χ1) is 7.43. The summed E-state index contributed by atoms with van der Waals surface area (Å²) in [5, 5.41) is 3.04. The molecular formula is C10H12ClNO3S. The molecule has 0 atom stereocenters. The van der Waals surface area contributed by atoms with Gasteiger partial charge in [0.05, 0.1) is 0 Å². The van der Waals surface area contributed by atoms with E-state index < -0.39 is 21.5 Å². The summed E-state index contributed by atoms with van der Waals surface area (Å²) in [4.78, 5) is 11.3. The number of amides is 1. The molecular weight excluding hydrogens is 250 g/mol. The third-order valence-corrected chi connectivity index (χ3v) is 3.75. The Balaban J connectivity index is 2.62. The maximum atomic E-state index is 11.3. The van der Waals surface area contributed by atoms with E-state index in [9.17, 15) is 13.2 Å². The predicted octanol–water partition coefficient (Wildman–Crippen LogP) is 1.71. The van der Waals surface area contributed by atoms with Crippen molar-refractivity contribution < 1.29 is 13.2 Å². The first-order valence-corrected chi connectivity index (χ1v) is 6.89. The summed E-state index contributed by atoms with van der Waals surface area (Å²) in [5.74, 6) is -1.07. The van der Waals surface area contributed by atoms with Gasteiger partial charge in [0.2, 0.25) is 5.91 Å². The van der Waals surface area contributed by atoms with Gasteiger partial charge in [-0.05, 0) is 24.3 Å². The molecule has 1 aromatic rings. The lowest BCUT2D eigenvalue weighted by Crippen LogP contribution is -2.23. The van der Waals surface area contributed by atoms with E-state index in [0.29, 0.717) is 10.7 Å². The van der Waals surface area contributed by atoms with Crippen LogP contribution in [0.3, 0.4) is 0 Å². The Kier molecular flexibility index (Phi) is 4.32. The maximum Gasteiger partial charge on any atom is 0.239 e. The van der Waals surface area contributed by atoms with Crippen LogP contribution >= 0.6 is 11.6 Å². The van der Waals surface area contributed by atoms with Crippen LogP contribution in [0.15, 0.2) is 24.3 Å². The van der Waals surface area contributed by atoms with Crippen LogP contribution in [0, 0.1) is 0 Å².